The fourth-order valence-corrected chi connectivity index (χ4v) is 4.05. The summed E-state index contributed by atoms with van der Waals surface area (Å²) in [6, 6.07) is 6.37. The van der Waals surface area contributed by atoms with Gasteiger partial charge in [0.15, 0.2) is 0 Å². The highest BCUT2D eigenvalue weighted by atomic mass is 79.9. The van der Waals surface area contributed by atoms with Gasteiger partial charge in [-0.15, -0.1) is 11.3 Å². The standard InChI is InChI=1S/C14H14BrNO2S/c1-2-18-14(17)16-6-5-10-11-7-9(15)3-4-12(11)19-13(10)8-16/h3-4,7H,2,5-6,8H2,1H3. The minimum Gasteiger partial charge on any atom is -0.450 e. The van der Waals surface area contributed by atoms with E-state index in [1.807, 2.05) is 6.92 Å². The van der Waals surface area contributed by atoms with Crippen molar-refractivity contribution in [3.8, 4) is 0 Å². The van der Waals surface area contributed by atoms with E-state index < -0.39 is 0 Å². The third-order valence-corrected chi connectivity index (χ3v) is 5.02. The molecule has 0 bridgehead atoms. The molecule has 1 amide bonds. The number of rotatable bonds is 1. The summed E-state index contributed by atoms with van der Waals surface area (Å²) in [6.45, 7) is 3.68. The van der Waals surface area contributed by atoms with Crippen molar-refractivity contribution < 1.29 is 9.53 Å². The van der Waals surface area contributed by atoms with E-state index >= 15 is 0 Å². The van der Waals surface area contributed by atoms with Crippen LogP contribution in [0.5, 0.6) is 0 Å². The zero-order valence-corrected chi connectivity index (χ0v) is 13.0. The fourth-order valence-electron chi connectivity index (χ4n) is 2.44. The van der Waals surface area contributed by atoms with Crippen LogP contribution in [0.2, 0.25) is 0 Å². The van der Waals surface area contributed by atoms with E-state index in [1.165, 1.54) is 20.5 Å². The molecule has 1 aliphatic heterocycles. The van der Waals surface area contributed by atoms with Crippen molar-refractivity contribution in [2.75, 3.05) is 13.2 Å². The van der Waals surface area contributed by atoms with Crippen LogP contribution < -0.4 is 0 Å². The quantitative estimate of drug-likeness (QED) is 0.779. The van der Waals surface area contributed by atoms with Crippen LogP contribution in [0, 0.1) is 0 Å². The Bertz CT molecular complexity index is 638. The molecule has 0 aliphatic carbocycles. The highest BCUT2D eigenvalue weighted by molar-refractivity contribution is 9.10. The molecule has 0 unspecified atom stereocenters. The topological polar surface area (TPSA) is 29.5 Å². The summed E-state index contributed by atoms with van der Waals surface area (Å²) in [5, 5.41) is 1.32. The molecule has 0 spiro atoms. The molecule has 2 heterocycles. The third-order valence-electron chi connectivity index (χ3n) is 3.33. The fraction of sp³-hybridized carbons (Fsp3) is 0.357. The number of ether oxygens (including phenoxy) is 1. The summed E-state index contributed by atoms with van der Waals surface area (Å²) >= 11 is 5.30. The Kier molecular flexibility index (Phi) is 3.50. The van der Waals surface area contributed by atoms with Crippen LogP contribution in [0.1, 0.15) is 17.4 Å². The first-order valence-corrected chi connectivity index (χ1v) is 7.91. The molecule has 0 saturated heterocycles. The Labute approximate surface area is 124 Å². The number of nitrogens with zero attached hydrogens (tertiary/aromatic N) is 1. The molecule has 1 aliphatic rings. The van der Waals surface area contributed by atoms with Crippen molar-refractivity contribution in [2.24, 2.45) is 0 Å². The first kappa shape index (κ1) is 12.9. The summed E-state index contributed by atoms with van der Waals surface area (Å²) in [4.78, 5) is 14.9. The van der Waals surface area contributed by atoms with Gasteiger partial charge in [0, 0.05) is 20.6 Å². The lowest BCUT2D eigenvalue weighted by Gasteiger charge is -2.26. The van der Waals surface area contributed by atoms with Crippen molar-refractivity contribution in [1.82, 2.24) is 4.90 Å². The summed E-state index contributed by atoms with van der Waals surface area (Å²) in [7, 11) is 0. The molecule has 5 heteroatoms. The largest absolute Gasteiger partial charge is 0.450 e. The first-order chi connectivity index (χ1) is 9.19. The zero-order valence-electron chi connectivity index (χ0n) is 10.6. The van der Waals surface area contributed by atoms with Crippen molar-refractivity contribution in [3.63, 3.8) is 0 Å². The number of halogens is 1. The molecule has 100 valence electrons. The van der Waals surface area contributed by atoms with E-state index in [1.54, 1.807) is 16.2 Å². The minimum atomic E-state index is -0.202. The lowest BCUT2D eigenvalue weighted by molar-refractivity contribution is 0.103. The van der Waals surface area contributed by atoms with Crippen LogP contribution in [0.15, 0.2) is 22.7 Å². The average molecular weight is 340 g/mol. The molecular formula is C14H14BrNO2S. The van der Waals surface area contributed by atoms with Gasteiger partial charge in [0.25, 0.3) is 0 Å². The molecule has 2 aromatic rings. The van der Waals surface area contributed by atoms with Gasteiger partial charge in [0.05, 0.1) is 13.2 Å². The summed E-state index contributed by atoms with van der Waals surface area (Å²) in [5.74, 6) is 0. The smallest absolute Gasteiger partial charge is 0.410 e. The van der Waals surface area contributed by atoms with Crippen LogP contribution in [0.25, 0.3) is 10.1 Å². The van der Waals surface area contributed by atoms with E-state index in [4.69, 9.17) is 4.74 Å². The Morgan fingerprint density at radius 2 is 2.37 bits per heavy atom. The lowest BCUT2D eigenvalue weighted by Crippen LogP contribution is -2.35. The number of amides is 1. The molecule has 3 nitrogen and oxygen atoms in total. The number of hydrogen-bond acceptors (Lipinski definition) is 3. The number of fused-ring (bicyclic) bond motifs is 3. The van der Waals surface area contributed by atoms with Gasteiger partial charge in [-0.2, -0.15) is 0 Å². The van der Waals surface area contributed by atoms with Gasteiger partial charge in [-0.1, -0.05) is 15.9 Å². The molecular weight excluding hydrogens is 326 g/mol. The summed E-state index contributed by atoms with van der Waals surface area (Å²) in [5.41, 5.74) is 1.39. The van der Waals surface area contributed by atoms with Gasteiger partial charge in [0.1, 0.15) is 0 Å². The van der Waals surface area contributed by atoms with Crippen LogP contribution in [0.3, 0.4) is 0 Å². The third kappa shape index (κ3) is 2.37. The Balaban J connectivity index is 1.93. The van der Waals surface area contributed by atoms with Crippen molar-refractivity contribution in [2.45, 2.75) is 19.9 Å². The minimum absolute atomic E-state index is 0.202. The van der Waals surface area contributed by atoms with E-state index in [0.717, 1.165) is 17.4 Å². The van der Waals surface area contributed by atoms with Crippen molar-refractivity contribution in [3.05, 3.63) is 33.1 Å². The predicted molar refractivity (Wildman–Crippen MR) is 80.7 cm³/mol. The number of thiophene rings is 1. The molecule has 0 radical (unpaired) electrons. The number of carbonyl (C=O) groups is 1. The van der Waals surface area contributed by atoms with Crippen LogP contribution in [-0.4, -0.2) is 24.1 Å². The Morgan fingerprint density at radius 1 is 1.53 bits per heavy atom. The second-order valence-corrected chi connectivity index (χ2v) is 6.57. The normalized spacial score (nSPS) is 14.5. The predicted octanol–water partition coefficient (Wildman–Crippen LogP) is 4.18. The summed E-state index contributed by atoms with van der Waals surface area (Å²) < 4.78 is 7.47. The van der Waals surface area contributed by atoms with Crippen LogP contribution in [-0.2, 0) is 17.7 Å². The molecule has 0 saturated carbocycles. The van der Waals surface area contributed by atoms with Crippen LogP contribution in [0.4, 0.5) is 4.79 Å². The van der Waals surface area contributed by atoms with Crippen molar-refractivity contribution in [1.29, 1.82) is 0 Å². The maximum atomic E-state index is 11.8. The lowest BCUT2D eigenvalue weighted by atomic mass is 10.0. The van der Waals surface area contributed by atoms with Gasteiger partial charge in [-0.05, 0) is 42.5 Å². The molecule has 0 atom stereocenters. The van der Waals surface area contributed by atoms with Crippen molar-refractivity contribution >= 4 is 43.4 Å². The molecule has 0 fully saturated rings. The number of benzene rings is 1. The molecule has 3 rings (SSSR count). The second kappa shape index (κ2) is 5.13. The molecule has 1 aromatic heterocycles. The Morgan fingerprint density at radius 3 is 3.16 bits per heavy atom. The summed E-state index contributed by atoms with van der Waals surface area (Å²) in [6.07, 6.45) is 0.705. The first-order valence-electron chi connectivity index (χ1n) is 6.30. The molecule has 19 heavy (non-hydrogen) atoms. The number of hydrogen-bond donors (Lipinski definition) is 0. The van der Waals surface area contributed by atoms with Gasteiger partial charge in [-0.25, -0.2) is 4.79 Å². The highest BCUT2D eigenvalue weighted by Gasteiger charge is 2.24. The van der Waals surface area contributed by atoms with E-state index in [9.17, 15) is 4.79 Å². The van der Waals surface area contributed by atoms with Gasteiger partial charge < -0.3 is 9.64 Å². The van der Waals surface area contributed by atoms with Crippen LogP contribution >= 0.6 is 27.3 Å². The maximum Gasteiger partial charge on any atom is 0.410 e. The van der Waals surface area contributed by atoms with Gasteiger partial charge >= 0.3 is 6.09 Å². The molecule has 1 aromatic carbocycles. The SMILES string of the molecule is CCOC(=O)N1CCc2c(sc3ccc(Br)cc23)C1. The van der Waals surface area contributed by atoms with Gasteiger partial charge in [-0.3, -0.25) is 0 Å². The highest BCUT2D eigenvalue weighted by Crippen LogP contribution is 2.36. The maximum absolute atomic E-state index is 11.8. The average Bonchev–Trinajstić information content (AvgIpc) is 2.76. The van der Waals surface area contributed by atoms with Gasteiger partial charge in [0.2, 0.25) is 0 Å². The van der Waals surface area contributed by atoms with E-state index in [0.29, 0.717) is 13.2 Å². The van der Waals surface area contributed by atoms with E-state index in [-0.39, 0.29) is 6.09 Å². The second-order valence-electron chi connectivity index (χ2n) is 4.51. The number of carbonyl (C=O) groups excluding carboxylic acids is 1. The Hall–Kier alpha value is -1.07. The molecule has 0 N–H and O–H groups in total. The van der Waals surface area contributed by atoms with E-state index in [2.05, 4.69) is 34.1 Å². The monoisotopic (exact) mass is 339 g/mol. The zero-order chi connectivity index (χ0) is 13.4.